The van der Waals surface area contributed by atoms with E-state index in [1.807, 2.05) is 6.92 Å². The third kappa shape index (κ3) is 1.24. The Balaban J connectivity index is 2.37. The molecule has 0 radical (unpaired) electrons. The molecule has 0 bridgehead atoms. The Kier molecular flexibility index (Phi) is 2.11. The molecule has 0 unspecified atom stereocenters. The Morgan fingerprint density at radius 3 is 3.00 bits per heavy atom. The molecule has 16 heavy (non-hydrogen) atoms. The van der Waals surface area contributed by atoms with Crippen LogP contribution in [0, 0.1) is 12.8 Å². The minimum atomic E-state index is 0.441. The van der Waals surface area contributed by atoms with Gasteiger partial charge in [0.05, 0.1) is 10.7 Å². The van der Waals surface area contributed by atoms with Gasteiger partial charge in [-0.1, -0.05) is 37.3 Å². The molecular formula is C13H14N2S. The van der Waals surface area contributed by atoms with Crippen LogP contribution in [0.15, 0.2) is 28.4 Å². The first-order valence-electron chi connectivity index (χ1n) is 5.68. The fourth-order valence-electron chi connectivity index (χ4n) is 2.34. The van der Waals surface area contributed by atoms with Crippen molar-refractivity contribution in [3.8, 4) is 0 Å². The Morgan fingerprint density at radius 1 is 1.44 bits per heavy atom. The molecule has 0 saturated heterocycles. The largest absolute Gasteiger partial charge is 0.239 e. The molecule has 2 heterocycles. The summed E-state index contributed by atoms with van der Waals surface area (Å²) in [6.45, 7) is 6.45. The number of fused-ring (bicyclic) bond motifs is 2. The van der Waals surface area contributed by atoms with E-state index < -0.39 is 0 Å². The summed E-state index contributed by atoms with van der Waals surface area (Å²) in [6.07, 6.45) is 5.52. The van der Waals surface area contributed by atoms with E-state index >= 15 is 0 Å². The highest BCUT2D eigenvalue weighted by Gasteiger charge is 2.24. The summed E-state index contributed by atoms with van der Waals surface area (Å²) in [5.41, 5.74) is 3.86. The summed E-state index contributed by atoms with van der Waals surface area (Å²) in [4.78, 5) is 9.36. The van der Waals surface area contributed by atoms with Gasteiger partial charge >= 0.3 is 0 Å². The van der Waals surface area contributed by atoms with Crippen LogP contribution >= 0.6 is 11.3 Å². The van der Waals surface area contributed by atoms with Gasteiger partial charge in [0.1, 0.15) is 10.0 Å². The van der Waals surface area contributed by atoms with Crippen molar-refractivity contribution in [1.29, 1.82) is 0 Å². The molecule has 1 aromatic rings. The Labute approximate surface area is 98.8 Å². The minimum absolute atomic E-state index is 0.441. The van der Waals surface area contributed by atoms with Crippen molar-refractivity contribution in [3.63, 3.8) is 0 Å². The topological polar surface area (TPSA) is 25.2 Å². The second-order valence-corrected chi connectivity index (χ2v) is 5.47. The van der Waals surface area contributed by atoms with E-state index in [-0.39, 0.29) is 0 Å². The van der Waals surface area contributed by atoms with Gasteiger partial charge in [0.2, 0.25) is 0 Å². The van der Waals surface area contributed by atoms with E-state index in [4.69, 9.17) is 4.99 Å². The molecule has 0 amide bonds. The predicted molar refractivity (Wildman–Crippen MR) is 66.7 cm³/mol. The quantitative estimate of drug-likeness (QED) is 0.725. The highest BCUT2D eigenvalue weighted by atomic mass is 32.1. The lowest BCUT2D eigenvalue weighted by atomic mass is 9.89. The van der Waals surface area contributed by atoms with Gasteiger partial charge in [-0.2, -0.15) is 0 Å². The average molecular weight is 230 g/mol. The zero-order valence-corrected chi connectivity index (χ0v) is 10.6. The molecule has 1 aliphatic carbocycles. The van der Waals surface area contributed by atoms with Crippen LogP contribution in [0.2, 0.25) is 0 Å². The zero-order chi connectivity index (χ0) is 11.3. The molecule has 0 saturated carbocycles. The van der Waals surface area contributed by atoms with Gasteiger partial charge in [-0.25, -0.2) is 9.98 Å². The van der Waals surface area contributed by atoms with Crippen molar-refractivity contribution in [2.45, 2.75) is 27.2 Å². The third-order valence-electron chi connectivity index (χ3n) is 3.17. The molecule has 3 heteroatoms. The first-order valence-corrected chi connectivity index (χ1v) is 6.50. The van der Waals surface area contributed by atoms with Gasteiger partial charge in [0.15, 0.2) is 0 Å². The summed E-state index contributed by atoms with van der Waals surface area (Å²) in [5, 5.41) is 2.24. The maximum Gasteiger partial charge on any atom is 0.144 e. The van der Waals surface area contributed by atoms with Crippen molar-refractivity contribution in [3.05, 3.63) is 38.4 Å². The summed E-state index contributed by atoms with van der Waals surface area (Å²) in [7, 11) is 0. The lowest BCUT2D eigenvalue weighted by Gasteiger charge is -2.17. The fraction of sp³-hybridized carbons (Fsp3) is 0.385. The Bertz CT molecular complexity index is 631. The number of rotatable bonds is 1. The van der Waals surface area contributed by atoms with E-state index in [2.05, 4.69) is 31.0 Å². The summed E-state index contributed by atoms with van der Waals surface area (Å²) in [5.74, 6) is 0.441. The van der Waals surface area contributed by atoms with Crippen molar-refractivity contribution in [1.82, 2.24) is 4.98 Å². The summed E-state index contributed by atoms with van der Waals surface area (Å²) in [6, 6.07) is 0. The van der Waals surface area contributed by atoms with Crippen LogP contribution < -0.4 is 10.0 Å². The molecule has 0 spiro atoms. The summed E-state index contributed by atoms with van der Waals surface area (Å²) < 4.78 is 1.10. The van der Waals surface area contributed by atoms with Gasteiger partial charge < -0.3 is 0 Å². The van der Waals surface area contributed by atoms with Crippen LogP contribution in [0.4, 0.5) is 0 Å². The first kappa shape index (κ1) is 9.97. The van der Waals surface area contributed by atoms with Gasteiger partial charge in [-0.3, -0.25) is 0 Å². The van der Waals surface area contributed by atoms with Gasteiger partial charge in [-0.15, -0.1) is 0 Å². The van der Waals surface area contributed by atoms with Gasteiger partial charge in [0, 0.05) is 11.5 Å². The molecule has 2 nitrogen and oxygen atoms in total. The van der Waals surface area contributed by atoms with Crippen LogP contribution in [-0.2, 0) is 0 Å². The SMILES string of the molecule is CCC1=C2N=c3sc(C)nc3=C2[C@H](C)C=C1. The van der Waals surface area contributed by atoms with E-state index in [0.717, 1.165) is 21.4 Å². The number of aromatic nitrogens is 1. The number of hydrogen-bond donors (Lipinski definition) is 0. The van der Waals surface area contributed by atoms with Gasteiger partial charge in [0.25, 0.3) is 0 Å². The monoisotopic (exact) mass is 230 g/mol. The maximum atomic E-state index is 4.74. The molecule has 0 N–H and O–H groups in total. The Hall–Kier alpha value is -1.22. The molecular weight excluding hydrogens is 216 g/mol. The number of allylic oxidation sites excluding steroid dienone is 4. The summed E-state index contributed by atoms with van der Waals surface area (Å²) >= 11 is 1.70. The average Bonchev–Trinajstić information content (AvgIpc) is 2.74. The number of thiazole rings is 1. The smallest absolute Gasteiger partial charge is 0.144 e. The number of hydrogen-bond acceptors (Lipinski definition) is 3. The molecule has 1 aromatic heterocycles. The van der Waals surface area contributed by atoms with Gasteiger partial charge in [-0.05, 0) is 18.9 Å². The van der Waals surface area contributed by atoms with E-state index in [0.29, 0.717) is 5.92 Å². The molecule has 2 aliphatic rings. The van der Waals surface area contributed by atoms with E-state index in [1.165, 1.54) is 16.8 Å². The van der Waals surface area contributed by atoms with Crippen molar-refractivity contribution >= 4 is 16.9 Å². The van der Waals surface area contributed by atoms with Crippen LogP contribution in [-0.4, -0.2) is 4.98 Å². The predicted octanol–water partition coefficient (Wildman–Crippen LogP) is 2.11. The molecule has 1 aliphatic heterocycles. The first-order chi connectivity index (χ1) is 7.70. The van der Waals surface area contributed by atoms with Crippen LogP contribution in [0.1, 0.15) is 25.3 Å². The third-order valence-corrected chi connectivity index (χ3v) is 4.03. The highest BCUT2D eigenvalue weighted by molar-refractivity contribution is 7.09. The number of aryl methyl sites for hydroxylation is 1. The van der Waals surface area contributed by atoms with Crippen LogP contribution in [0.3, 0.4) is 0 Å². The fourth-order valence-corrected chi connectivity index (χ4v) is 3.14. The zero-order valence-electron chi connectivity index (χ0n) is 9.74. The Morgan fingerprint density at radius 2 is 2.25 bits per heavy atom. The highest BCUT2D eigenvalue weighted by Crippen LogP contribution is 2.33. The lowest BCUT2D eigenvalue weighted by Crippen LogP contribution is -2.22. The number of nitrogens with zero attached hydrogens (tertiary/aromatic N) is 2. The second kappa shape index (κ2) is 3.39. The molecule has 3 rings (SSSR count). The van der Waals surface area contributed by atoms with Crippen LogP contribution in [0.25, 0.3) is 5.57 Å². The minimum Gasteiger partial charge on any atom is -0.239 e. The maximum absolute atomic E-state index is 4.74. The second-order valence-electron chi connectivity index (χ2n) is 4.29. The van der Waals surface area contributed by atoms with Crippen LogP contribution in [0.5, 0.6) is 0 Å². The standard InChI is InChI=1S/C13H14N2S/c1-4-9-6-5-7(2)10-11(9)15-13-12(10)14-8(3)16-13/h5-7H,4H2,1-3H3/t7-/m1/s1. The molecule has 0 fully saturated rings. The molecule has 0 aromatic carbocycles. The van der Waals surface area contributed by atoms with Crippen molar-refractivity contribution < 1.29 is 0 Å². The normalized spacial score (nSPS) is 22.2. The van der Waals surface area contributed by atoms with Crippen molar-refractivity contribution in [2.24, 2.45) is 10.9 Å². The lowest BCUT2D eigenvalue weighted by molar-refractivity contribution is 0.916. The van der Waals surface area contributed by atoms with E-state index in [1.54, 1.807) is 11.3 Å². The molecule has 82 valence electrons. The van der Waals surface area contributed by atoms with E-state index in [9.17, 15) is 0 Å². The van der Waals surface area contributed by atoms with Crippen molar-refractivity contribution in [2.75, 3.05) is 0 Å². The molecule has 1 atom stereocenters.